The molecule has 1 aliphatic heterocycles. The molecule has 35 heavy (non-hydrogen) atoms. The van der Waals surface area contributed by atoms with Gasteiger partial charge in [0, 0.05) is 41.5 Å². The Bertz CT molecular complexity index is 1160. The van der Waals surface area contributed by atoms with Gasteiger partial charge in [0.1, 0.15) is 29.2 Å². The number of amides is 1. The highest BCUT2D eigenvalue weighted by molar-refractivity contribution is 7.14. The van der Waals surface area contributed by atoms with E-state index in [1.807, 2.05) is 13.0 Å². The van der Waals surface area contributed by atoms with E-state index in [0.29, 0.717) is 36.6 Å². The Hall–Kier alpha value is -3.02. The van der Waals surface area contributed by atoms with Crippen LogP contribution in [0.25, 0.3) is 10.6 Å². The van der Waals surface area contributed by atoms with Crippen LogP contribution in [0.1, 0.15) is 39.5 Å². The van der Waals surface area contributed by atoms with E-state index < -0.39 is 23.8 Å². The molecule has 1 amide bonds. The molecular formula is C24H25F3N4O3S. The first-order chi connectivity index (χ1) is 16.7. The Morgan fingerprint density at radius 2 is 2.11 bits per heavy atom. The van der Waals surface area contributed by atoms with Crippen molar-refractivity contribution < 1.29 is 27.4 Å². The summed E-state index contributed by atoms with van der Waals surface area (Å²) in [4.78, 5) is 22.0. The molecule has 2 aromatic heterocycles. The molecule has 1 saturated heterocycles. The number of hydrogen-bond acceptors (Lipinski definition) is 7. The molecule has 0 radical (unpaired) electrons. The van der Waals surface area contributed by atoms with Gasteiger partial charge in [-0.25, -0.2) is 4.98 Å². The SMILES string of the molecule is Cc1cnc(-c2cc(OC[C@@H]3CNCCO3)cc(C(=O)N[C@H](C)c3ccc(C(F)(F)F)nc3)c2)s1. The predicted molar refractivity (Wildman–Crippen MR) is 126 cm³/mol. The van der Waals surface area contributed by atoms with Crippen molar-refractivity contribution in [1.82, 2.24) is 20.6 Å². The number of nitrogens with one attached hydrogen (secondary N) is 2. The van der Waals surface area contributed by atoms with Gasteiger partial charge >= 0.3 is 6.18 Å². The molecule has 3 heterocycles. The van der Waals surface area contributed by atoms with Gasteiger partial charge in [0.25, 0.3) is 5.91 Å². The average molecular weight is 507 g/mol. The first-order valence-corrected chi connectivity index (χ1v) is 11.9. The Balaban J connectivity index is 1.52. The number of rotatable bonds is 7. The van der Waals surface area contributed by atoms with E-state index >= 15 is 0 Å². The fourth-order valence-electron chi connectivity index (χ4n) is 3.53. The van der Waals surface area contributed by atoms with Gasteiger partial charge in [-0.05, 0) is 43.7 Å². The molecule has 0 unspecified atom stereocenters. The number of aromatic nitrogens is 2. The molecule has 0 spiro atoms. The number of nitrogens with zero attached hydrogens (tertiary/aromatic N) is 2. The Kier molecular flexibility index (Phi) is 7.68. The number of carbonyl (C=O) groups is 1. The van der Waals surface area contributed by atoms with Crippen LogP contribution in [0, 0.1) is 6.92 Å². The third-order valence-electron chi connectivity index (χ3n) is 5.40. The van der Waals surface area contributed by atoms with E-state index in [2.05, 4.69) is 20.6 Å². The quantitative estimate of drug-likeness (QED) is 0.495. The summed E-state index contributed by atoms with van der Waals surface area (Å²) < 4.78 is 50.0. The Morgan fingerprint density at radius 3 is 2.74 bits per heavy atom. The molecule has 3 aromatic rings. The second-order valence-corrected chi connectivity index (χ2v) is 9.43. The third kappa shape index (κ3) is 6.56. The van der Waals surface area contributed by atoms with Gasteiger partial charge in [0.2, 0.25) is 0 Å². The van der Waals surface area contributed by atoms with Crippen LogP contribution in [-0.2, 0) is 10.9 Å². The summed E-state index contributed by atoms with van der Waals surface area (Å²) in [6.07, 6.45) is -1.74. The van der Waals surface area contributed by atoms with Gasteiger partial charge < -0.3 is 20.1 Å². The highest BCUT2D eigenvalue weighted by Crippen LogP contribution is 2.30. The van der Waals surface area contributed by atoms with Crippen LogP contribution in [0.5, 0.6) is 5.75 Å². The summed E-state index contributed by atoms with van der Waals surface area (Å²) in [5, 5.41) is 6.81. The molecule has 186 valence electrons. The lowest BCUT2D eigenvalue weighted by atomic mass is 10.1. The Morgan fingerprint density at radius 1 is 1.29 bits per heavy atom. The van der Waals surface area contributed by atoms with Crippen LogP contribution in [0.2, 0.25) is 0 Å². The van der Waals surface area contributed by atoms with Crippen LogP contribution in [0.15, 0.2) is 42.7 Å². The first kappa shape index (κ1) is 25.1. The monoisotopic (exact) mass is 506 g/mol. The molecule has 0 aliphatic carbocycles. The third-order valence-corrected chi connectivity index (χ3v) is 6.36. The van der Waals surface area contributed by atoms with Gasteiger partial charge in [0.05, 0.1) is 12.6 Å². The molecule has 4 rings (SSSR count). The number of carbonyl (C=O) groups excluding carboxylic acids is 1. The fraction of sp³-hybridized carbons (Fsp3) is 0.375. The van der Waals surface area contributed by atoms with Crippen molar-refractivity contribution in [1.29, 1.82) is 0 Å². The van der Waals surface area contributed by atoms with Crippen LogP contribution in [0.4, 0.5) is 13.2 Å². The van der Waals surface area contributed by atoms with Crippen molar-refractivity contribution in [3.8, 4) is 16.3 Å². The lowest BCUT2D eigenvalue weighted by molar-refractivity contribution is -0.141. The summed E-state index contributed by atoms with van der Waals surface area (Å²) in [7, 11) is 0. The molecule has 1 aliphatic rings. The summed E-state index contributed by atoms with van der Waals surface area (Å²) in [5.41, 5.74) is 0.554. The molecule has 1 fully saturated rings. The maximum atomic E-state index is 13.1. The molecule has 11 heteroatoms. The normalized spacial score (nSPS) is 17.1. The van der Waals surface area contributed by atoms with Gasteiger partial charge in [-0.1, -0.05) is 6.07 Å². The van der Waals surface area contributed by atoms with Gasteiger partial charge in [-0.3, -0.25) is 9.78 Å². The number of alkyl halides is 3. The standard InChI is InChI=1S/C24H25F3N4O3S/c1-14-10-30-23(35-14)18-7-17(8-19(9-18)34-13-20-12-28-5-6-33-20)22(32)31-15(2)16-3-4-21(29-11-16)24(25,26)27/h3-4,7-11,15,20,28H,5-6,12-13H2,1-2H3,(H,31,32)/t15-,20+/m1/s1. The lowest BCUT2D eigenvalue weighted by Crippen LogP contribution is -2.41. The van der Waals surface area contributed by atoms with Crippen molar-refractivity contribution in [3.05, 3.63) is 64.4 Å². The highest BCUT2D eigenvalue weighted by atomic mass is 32.1. The van der Waals surface area contributed by atoms with E-state index in [4.69, 9.17) is 9.47 Å². The van der Waals surface area contributed by atoms with E-state index in [9.17, 15) is 18.0 Å². The number of pyridine rings is 1. The Labute approximate surface area is 204 Å². The first-order valence-electron chi connectivity index (χ1n) is 11.1. The number of benzene rings is 1. The molecule has 2 atom stereocenters. The highest BCUT2D eigenvalue weighted by Gasteiger charge is 2.32. The average Bonchev–Trinajstić information content (AvgIpc) is 3.29. The van der Waals surface area contributed by atoms with Crippen molar-refractivity contribution >= 4 is 17.2 Å². The zero-order valence-electron chi connectivity index (χ0n) is 19.2. The number of ether oxygens (including phenoxy) is 2. The summed E-state index contributed by atoms with van der Waals surface area (Å²) in [6.45, 7) is 6.03. The maximum absolute atomic E-state index is 13.1. The zero-order valence-corrected chi connectivity index (χ0v) is 20.0. The molecule has 0 bridgehead atoms. The minimum absolute atomic E-state index is 0.0982. The summed E-state index contributed by atoms with van der Waals surface area (Å²) >= 11 is 1.50. The smallest absolute Gasteiger partial charge is 0.433 e. The minimum atomic E-state index is -4.52. The summed E-state index contributed by atoms with van der Waals surface area (Å²) in [5.74, 6) is 0.103. The van der Waals surface area contributed by atoms with Crippen LogP contribution >= 0.6 is 11.3 Å². The maximum Gasteiger partial charge on any atom is 0.433 e. The van der Waals surface area contributed by atoms with Crippen LogP contribution in [-0.4, -0.2) is 48.3 Å². The second kappa shape index (κ2) is 10.7. The van der Waals surface area contributed by atoms with E-state index in [-0.39, 0.29) is 6.10 Å². The second-order valence-electron chi connectivity index (χ2n) is 8.20. The lowest BCUT2D eigenvalue weighted by Gasteiger charge is -2.23. The molecule has 7 nitrogen and oxygen atoms in total. The van der Waals surface area contributed by atoms with Gasteiger partial charge in [-0.15, -0.1) is 11.3 Å². The molecule has 2 N–H and O–H groups in total. The number of hydrogen-bond donors (Lipinski definition) is 2. The van der Waals surface area contributed by atoms with Crippen molar-refractivity contribution in [2.75, 3.05) is 26.3 Å². The van der Waals surface area contributed by atoms with Crippen molar-refractivity contribution in [2.45, 2.75) is 32.2 Å². The molecule has 1 aromatic carbocycles. The van der Waals surface area contributed by atoms with Crippen molar-refractivity contribution in [3.63, 3.8) is 0 Å². The molecule has 0 saturated carbocycles. The van der Waals surface area contributed by atoms with E-state index in [1.54, 1.807) is 25.3 Å². The van der Waals surface area contributed by atoms with E-state index in [1.165, 1.54) is 17.4 Å². The van der Waals surface area contributed by atoms with E-state index in [0.717, 1.165) is 34.3 Å². The minimum Gasteiger partial charge on any atom is -0.491 e. The number of aryl methyl sites for hydroxylation is 1. The number of halogens is 3. The predicted octanol–water partition coefficient (Wildman–Crippen LogP) is 4.39. The largest absolute Gasteiger partial charge is 0.491 e. The van der Waals surface area contributed by atoms with Crippen molar-refractivity contribution in [2.24, 2.45) is 0 Å². The van der Waals surface area contributed by atoms with Gasteiger partial charge in [-0.2, -0.15) is 13.2 Å². The van der Waals surface area contributed by atoms with Crippen LogP contribution < -0.4 is 15.4 Å². The fourth-order valence-corrected chi connectivity index (χ4v) is 4.29. The zero-order chi connectivity index (χ0) is 25.0. The van der Waals surface area contributed by atoms with Crippen LogP contribution in [0.3, 0.4) is 0 Å². The topological polar surface area (TPSA) is 85.4 Å². The number of thiazole rings is 1. The number of morpholine rings is 1. The molecular weight excluding hydrogens is 481 g/mol. The summed E-state index contributed by atoms with van der Waals surface area (Å²) in [6, 6.07) is 6.83. The van der Waals surface area contributed by atoms with Gasteiger partial charge in [0.15, 0.2) is 0 Å².